The number of rotatable bonds is 5. The number of hydrogen-bond donors (Lipinski definition) is 1. The van der Waals surface area contributed by atoms with Crippen LogP contribution in [0.2, 0.25) is 5.02 Å². The lowest BCUT2D eigenvalue weighted by atomic mass is 10.0. The van der Waals surface area contributed by atoms with Crippen LogP contribution in [-0.4, -0.2) is 45.3 Å². The van der Waals surface area contributed by atoms with Gasteiger partial charge in [0.1, 0.15) is 16.6 Å². The van der Waals surface area contributed by atoms with Gasteiger partial charge in [-0.1, -0.05) is 17.7 Å². The summed E-state index contributed by atoms with van der Waals surface area (Å²) in [6, 6.07) is 5.93. The number of alkyl halides is 3. The van der Waals surface area contributed by atoms with Gasteiger partial charge in [0.2, 0.25) is 0 Å². The molecule has 3 aromatic rings. The van der Waals surface area contributed by atoms with Crippen LogP contribution in [-0.2, 0) is 6.42 Å². The van der Waals surface area contributed by atoms with Gasteiger partial charge in [0.15, 0.2) is 11.7 Å². The molecule has 1 N–H and O–H groups in total. The Hall–Kier alpha value is -3.01. The number of anilines is 1. The minimum atomic E-state index is -4.58. The van der Waals surface area contributed by atoms with E-state index in [1.54, 1.807) is 31.4 Å². The van der Waals surface area contributed by atoms with Crippen molar-refractivity contribution in [3.8, 4) is 0 Å². The molecule has 0 bridgehead atoms. The molecule has 164 valence electrons. The van der Waals surface area contributed by atoms with Crippen molar-refractivity contribution in [2.75, 3.05) is 18.9 Å². The summed E-state index contributed by atoms with van der Waals surface area (Å²) in [5.74, 6) is -0.281. The molecule has 3 aromatic heterocycles. The molecular weight excluding hydrogens is 435 g/mol. The van der Waals surface area contributed by atoms with E-state index < -0.39 is 24.2 Å². The molecule has 4 heterocycles. The molecule has 7 nitrogen and oxygen atoms in total. The SMILES string of the molecule is CN(CCc1ccccn1)C(=O)c1nn2c(c1Cl)N[C@H](c1ccco1)C[C@@H]2C(F)(F)F. The second-order valence-corrected chi connectivity index (χ2v) is 7.64. The number of hydrogen-bond acceptors (Lipinski definition) is 5. The van der Waals surface area contributed by atoms with Crippen molar-refractivity contribution >= 4 is 23.3 Å². The number of nitrogens with zero attached hydrogens (tertiary/aromatic N) is 4. The minimum absolute atomic E-state index is 0.0573. The molecule has 1 amide bonds. The van der Waals surface area contributed by atoms with Crippen molar-refractivity contribution in [2.24, 2.45) is 0 Å². The number of carbonyl (C=O) groups is 1. The Morgan fingerprint density at radius 1 is 1.35 bits per heavy atom. The number of carbonyl (C=O) groups excluding carboxylic acids is 1. The normalized spacial score (nSPS) is 18.4. The number of furan rings is 1. The second-order valence-electron chi connectivity index (χ2n) is 7.26. The quantitative estimate of drug-likeness (QED) is 0.615. The molecule has 1 aliphatic heterocycles. The number of fused-ring (bicyclic) bond motifs is 1. The van der Waals surface area contributed by atoms with E-state index in [0.717, 1.165) is 10.4 Å². The molecule has 4 rings (SSSR count). The Labute approximate surface area is 180 Å². The monoisotopic (exact) mass is 453 g/mol. The van der Waals surface area contributed by atoms with Crippen molar-refractivity contribution in [2.45, 2.75) is 31.1 Å². The topological polar surface area (TPSA) is 76.2 Å². The number of amides is 1. The fourth-order valence-corrected chi connectivity index (χ4v) is 3.77. The standard InChI is InChI=1S/C20H19ClF3N5O2/c1-28(9-7-12-5-2-3-8-25-12)19(30)17-16(21)18-26-13(14-6-4-10-31-14)11-15(20(22,23)24)29(18)27-17/h2-6,8,10,13,15,26H,7,9,11H2,1H3/t13-,15+/m0/s1. The Balaban J connectivity index is 1.60. The van der Waals surface area contributed by atoms with Crippen LogP contribution in [0, 0.1) is 0 Å². The highest BCUT2D eigenvalue weighted by Crippen LogP contribution is 2.46. The van der Waals surface area contributed by atoms with Gasteiger partial charge in [-0.05, 0) is 24.3 Å². The highest BCUT2D eigenvalue weighted by molar-refractivity contribution is 6.36. The summed E-state index contributed by atoms with van der Waals surface area (Å²) in [5.41, 5.74) is 0.555. The lowest BCUT2D eigenvalue weighted by molar-refractivity contribution is -0.174. The Bertz CT molecular complexity index is 1050. The first kappa shape index (κ1) is 21.2. The minimum Gasteiger partial charge on any atom is -0.467 e. The van der Waals surface area contributed by atoms with E-state index in [-0.39, 0.29) is 23.0 Å². The molecule has 0 unspecified atom stereocenters. The van der Waals surface area contributed by atoms with Crippen LogP contribution in [0.4, 0.5) is 19.0 Å². The van der Waals surface area contributed by atoms with Crippen molar-refractivity contribution < 1.29 is 22.4 Å². The second kappa shape index (κ2) is 8.26. The van der Waals surface area contributed by atoms with E-state index in [0.29, 0.717) is 18.7 Å². The van der Waals surface area contributed by atoms with Crippen molar-refractivity contribution in [3.05, 3.63) is 65.0 Å². The number of halogens is 4. The summed E-state index contributed by atoms with van der Waals surface area (Å²) >= 11 is 6.34. The summed E-state index contributed by atoms with van der Waals surface area (Å²) in [4.78, 5) is 18.4. The number of likely N-dealkylation sites (N-methyl/N-ethyl adjacent to an activating group) is 1. The summed E-state index contributed by atoms with van der Waals surface area (Å²) in [6.07, 6.45) is -1.40. The van der Waals surface area contributed by atoms with Gasteiger partial charge in [-0.3, -0.25) is 9.78 Å². The fourth-order valence-electron chi connectivity index (χ4n) is 3.51. The molecule has 31 heavy (non-hydrogen) atoms. The van der Waals surface area contributed by atoms with E-state index in [1.807, 2.05) is 12.1 Å². The zero-order chi connectivity index (χ0) is 22.2. The Kier molecular flexibility index (Phi) is 5.65. The lowest BCUT2D eigenvalue weighted by Gasteiger charge is -2.32. The molecular formula is C20H19ClF3N5O2. The maximum Gasteiger partial charge on any atom is 0.410 e. The lowest BCUT2D eigenvalue weighted by Crippen LogP contribution is -2.36. The predicted octanol–water partition coefficient (Wildman–Crippen LogP) is 4.50. The third-order valence-corrected chi connectivity index (χ3v) is 5.52. The third kappa shape index (κ3) is 4.25. The molecule has 0 radical (unpaired) electrons. The molecule has 11 heteroatoms. The Morgan fingerprint density at radius 3 is 2.81 bits per heavy atom. The van der Waals surface area contributed by atoms with E-state index in [2.05, 4.69) is 15.4 Å². The molecule has 0 fully saturated rings. The van der Waals surface area contributed by atoms with E-state index in [9.17, 15) is 18.0 Å². The summed E-state index contributed by atoms with van der Waals surface area (Å²) in [7, 11) is 1.54. The maximum absolute atomic E-state index is 13.8. The molecule has 0 saturated carbocycles. The first-order chi connectivity index (χ1) is 14.8. The smallest absolute Gasteiger partial charge is 0.410 e. The van der Waals surface area contributed by atoms with Crippen LogP contribution >= 0.6 is 11.6 Å². The molecule has 2 atom stereocenters. The predicted molar refractivity (Wildman–Crippen MR) is 107 cm³/mol. The van der Waals surface area contributed by atoms with E-state index in [1.165, 1.54) is 11.2 Å². The average molecular weight is 454 g/mol. The van der Waals surface area contributed by atoms with Gasteiger partial charge in [-0.15, -0.1) is 0 Å². The van der Waals surface area contributed by atoms with E-state index >= 15 is 0 Å². The first-order valence-electron chi connectivity index (χ1n) is 9.55. The van der Waals surface area contributed by atoms with Gasteiger partial charge in [-0.25, -0.2) is 4.68 Å². The number of aromatic nitrogens is 3. The van der Waals surface area contributed by atoms with Gasteiger partial charge in [-0.2, -0.15) is 18.3 Å². The largest absolute Gasteiger partial charge is 0.467 e. The van der Waals surface area contributed by atoms with Gasteiger partial charge in [0.25, 0.3) is 5.91 Å². The molecule has 0 spiro atoms. The molecule has 0 aliphatic carbocycles. The highest BCUT2D eigenvalue weighted by Gasteiger charge is 2.48. The highest BCUT2D eigenvalue weighted by atomic mass is 35.5. The number of pyridine rings is 1. The van der Waals surface area contributed by atoms with Crippen LogP contribution in [0.5, 0.6) is 0 Å². The average Bonchev–Trinajstić information content (AvgIpc) is 3.39. The Morgan fingerprint density at radius 2 is 2.16 bits per heavy atom. The third-order valence-electron chi connectivity index (χ3n) is 5.16. The van der Waals surface area contributed by atoms with Gasteiger partial charge in [0.05, 0.1) is 12.3 Å². The van der Waals surface area contributed by atoms with Gasteiger partial charge < -0.3 is 14.6 Å². The summed E-state index contributed by atoms with van der Waals surface area (Å²) < 4.78 is 47.4. The van der Waals surface area contributed by atoms with Crippen LogP contribution in [0.15, 0.2) is 47.2 Å². The van der Waals surface area contributed by atoms with Gasteiger partial charge >= 0.3 is 6.18 Å². The van der Waals surface area contributed by atoms with Crippen LogP contribution < -0.4 is 5.32 Å². The van der Waals surface area contributed by atoms with Crippen LogP contribution in [0.25, 0.3) is 0 Å². The zero-order valence-corrected chi connectivity index (χ0v) is 17.2. The fraction of sp³-hybridized carbons (Fsp3) is 0.350. The maximum atomic E-state index is 13.8. The van der Waals surface area contributed by atoms with E-state index in [4.69, 9.17) is 16.0 Å². The molecule has 0 aromatic carbocycles. The van der Waals surface area contributed by atoms with Crippen molar-refractivity contribution in [3.63, 3.8) is 0 Å². The summed E-state index contributed by atoms with van der Waals surface area (Å²) in [6.45, 7) is 0.305. The first-order valence-corrected chi connectivity index (χ1v) is 9.93. The van der Waals surface area contributed by atoms with Crippen LogP contribution in [0.1, 0.15) is 40.4 Å². The molecule has 0 saturated heterocycles. The van der Waals surface area contributed by atoms with Crippen molar-refractivity contribution in [1.29, 1.82) is 0 Å². The number of nitrogens with one attached hydrogen (secondary N) is 1. The summed E-state index contributed by atoms with van der Waals surface area (Å²) in [5, 5.41) is 6.74. The van der Waals surface area contributed by atoms with Crippen molar-refractivity contribution in [1.82, 2.24) is 19.7 Å². The van der Waals surface area contributed by atoms with Gasteiger partial charge in [0, 0.05) is 38.3 Å². The molecule has 1 aliphatic rings. The van der Waals surface area contributed by atoms with Crippen LogP contribution in [0.3, 0.4) is 0 Å². The zero-order valence-electron chi connectivity index (χ0n) is 16.4.